The van der Waals surface area contributed by atoms with Gasteiger partial charge in [0, 0.05) is 33.1 Å². The minimum absolute atomic E-state index is 0.00244. The topological polar surface area (TPSA) is 110 Å². The number of fused-ring (bicyclic) bond motifs is 1. The maximum Gasteiger partial charge on any atom is 0.316 e. The summed E-state index contributed by atoms with van der Waals surface area (Å²) in [5, 5.41) is 11.8. The average Bonchev–Trinajstić information content (AvgIpc) is 3.48. The lowest BCUT2D eigenvalue weighted by Crippen LogP contribution is -2.43. The molecule has 2 N–H and O–H groups in total. The van der Waals surface area contributed by atoms with Crippen molar-refractivity contribution in [2.45, 2.75) is 37.8 Å². The van der Waals surface area contributed by atoms with Crippen LogP contribution in [0.1, 0.15) is 46.9 Å². The minimum Gasteiger partial charge on any atom is -0.451 e. The molecule has 0 unspecified atom stereocenters. The predicted octanol–water partition coefficient (Wildman–Crippen LogP) is 5.26. The van der Waals surface area contributed by atoms with Crippen molar-refractivity contribution < 1.29 is 18.5 Å². The normalized spacial score (nSPS) is 18.1. The number of hydrogen-bond acceptors (Lipinski definition) is 6. The molecule has 1 aliphatic carbocycles. The Morgan fingerprint density at radius 3 is 2.21 bits per heavy atom. The van der Waals surface area contributed by atoms with Gasteiger partial charge >= 0.3 is 11.8 Å². The molecule has 1 fully saturated rings. The Morgan fingerprint density at radius 1 is 0.853 bits per heavy atom. The van der Waals surface area contributed by atoms with Gasteiger partial charge in [0.25, 0.3) is 5.91 Å². The van der Waals surface area contributed by atoms with Gasteiger partial charge in [-0.2, -0.15) is 4.98 Å². The number of nitrogens with zero attached hydrogens (tertiary/aromatic N) is 2. The van der Waals surface area contributed by atoms with E-state index in [0.717, 1.165) is 18.2 Å². The van der Waals surface area contributed by atoms with Gasteiger partial charge in [-0.05, 0) is 74.2 Å². The lowest BCUT2D eigenvalue weighted by Gasteiger charge is -2.29. The van der Waals surface area contributed by atoms with Gasteiger partial charge < -0.3 is 19.6 Å². The molecule has 1 saturated carbocycles. The number of aromatic nitrogens is 2. The molecular weight excluding hydrogens is 479 g/mol. The second-order valence-corrected chi connectivity index (χ2v) is 9.09. The molecule has 4 aromatic rings. The first-order chi connectivity index (χ1) is 16.4. The van der Waals surface area contributed by atoms with Crippen LogP contribution in [0.4, 0.5) is 0 Å². The van der Waals surface area contributed by atoms with Crippen LogP contribution in [0.5, 0.6) is 0 Å². The van der Waals surface area contributed by atoms with Crippen molar-refractivity contribution in [3.63, 3.8) is 0 Å². The Bertz CT molecular complexity index is 1340. The monoisotopic (exact) mass is 498 g/mol. The quantitative estimate of drug-likeness (QED) is 0.388. The van der Waals surface area contributed by atoms with Crippen LogP contribution in [0.25, 0.3) is 22.4 Å². The number of furan rings is 1. The highest BCUT2D eigenvalue weighted by Gasteiger charge is 2.26. The van der Waals surface area contributed by atoms with Crippen LogP contribution in [0.2, 0.25) is 10.0 Å². The maximum absolute atomic E-state index is 12.6. The number of hydrogen-bond donors (Lipinski definition) is 2. The van der Waals surface area contributed by atoms with Crippen molar-refractivity contribution in [3.8, 4) is 11.4 Å². The van der Waals surface area contributed by atoms with E-state index in [1.807, 2.05) is 0 Å². The highest BCUT2D eigenvalue weighted by Crippen LogP contribution is 2.24. The Labute approximate surface area is 204 Å². The van der Waals surface area contributed by atoms with Crippen LogP contribution in [-0.2, 0) is 0 Å². The molecule has 8 nitrogen and oxygen atoms in total. The first kappa shape index (κ1) is 22.4. The number of nitrogens with one attached hydrogen (secondary N) is 2. The van der Waals surface area contributed by atoms with Gasteiger partial charge in [0.15, 0.2) is 5.76 Å². The molecule has 0 radical (unpaired) electrons. The largest absolute Gasteiger partial charge is 0.451 e. The molecule has 2 heterocycles. The van der Waals surface area contributed by atoms with E-state index in [-0.39, 0.29) is 29.6 Å². The van der Waals surface area contributed by atoms with E-state index >= 15 is 0 Å². The number of rotatable bonds is 5. The van der Waals surface area contributed by atoms with Crippen molar-refractivity contribution in [1.29, 1.82) is 0 Å². The van der Waals surface area contributed by atoms with E-state index in [4.69, 9.17) is 32.1 Å². The van der Waals surface area contributed by atoms with Crippen molar-refractivity contribution in [3.05, 3.63) is 70.2 Å². The summed E-state index contributed by atoms with van der Waals surface area (Å²) in [5.41, 5.74) is 1.32. The Balaban J connectivity index is 1.13. The molecule has 1 aliphatic rings. The molecule has 0 spiro atoms. The van der Waals surface area contributed by atoms with E-state index in [2.05, 4.69) is 20.8 Å². The number of benzene rings is 2. The Kier molecular flexibility index (Phi) is 6.26. The van der Waals surface area contributed by atoms with Crippen molar-refractivity contribution in [2.75, 3.05) is 0 Å². The van der Waals surface area contributed by atoms with Crippen molar-refractivity contribution in [2.24, 2.45) is 0 Å². The van der Waals surface area contributed by atoms with Gasteiger partial charge in [0.2, 0.25) is 5.82 Å². The number of carbonyl (C=O) groups is 2. The SMILES string of the molecule is O=C(NC1CCC(NC(=O)c2nc(-c3ccc(Cl)cc3)no2)CC1)c1cc2cc(Cl)ccc2o1. The Hall–Kier alpha value is -3.36. The van der Waals surface area contributed by atoms with E-state index < -0.39 is 5.91 Å². The van der Waals surface area contributed by atoms with Gasteiger partial charge in [-0.3, -0.25) is 9.59 Å². The third-order valence-electron chi connectivity index (χ3n) is 5.82. The fourth-order valence-corrected chi connectivity index (χ4v) is 4.35. The third kappa shape index (κ3) is 4.93. The first-order valence-corrected chi connectivity index (χ1v) is 11.6. The smallest absolute Gasteiger partial charge is 0.316 e. The zero-order chi connectivity index (χ0) is 23.7. The van der Waals surface area contributed by atoms with E-state index in [0.29, 0.717) is 39.9 Å². The van der Waals surface area contributed by atoms with E-state index in [1.54, 1.807) is 48.5 Å². The van der Waals surface area contributed by atoms with Crippen LogP contribution >= 0.6 is 23.2 Å². The lowest BCUT2D eigenvalue weighted by molar-refractivity contribution is 0.0856. The summed E-state index contributed by atoms with van der Waals surface area (Å²) in [4.78, 5) is 29.3. The molecule has 0 atom stereocenters. The molecule has 10 heteroatoms. The molecule has 0 aliphatic heterocycles. The van der Waals surface area contributed by atoms with Gasteiger partial charge in [-0.15, -0.1) is 0 Å². The third-order valence-corrected chi connectivity index (χ3v) is 6.31. The standard InChI is InChI=1S/C24H20Cl2N4O4/c25-15-3-1-13(2-4-15)21-29-24(34-30-21)23(32)28-18-8-6-17(7-9-18)27-22(31)20-12-14-11-16(26)5-10-19(14)33-20/h1-5,10-12,17-18H,6-9H2,(H,27,31)(H,28,32). The van der Waals surface area contributed by atoms with E-state index in [1.165, 1.54) is 0 Å². The molecule has 2 aromatic heterocycles. The van der Waals surface area contributed by atoms with Gasteiger partial charge in [-0.1, -0.05) is 28.4 Å². The molecular formula is C24H20Cl2N4O4. The van der Waals surface area contributed by atoms with Crippen LogP contribution in [0.15, 0.2) is 57.5 Å². The fraction of sp³-hybridized carbons (Fsp3) is 0.250. The zero-order valence-corrected chi connectivity index (χ0v) is 19.4. The summed E-state index contributed by atoms with van der Waals surface area (Å²) in [6.45, 7) is 0. The fourth-order valence-electron chi connectivity index (χ4n) is 4.04. The van der Waals surface area contributed by atoms with Crippen LogP contribution in [0, 0.1) is 0 Å². The number of halogens is 2. The molecule has 34 heavy (non-hydrogen) atoms. The van der Waals surface area contributed by atoms with Gasteiger partial charge in [0.05, 0.1) is 0 Å². The molecule has 0 saturated heterocycles. The van der Waals surface area contributed by atoms with E-state index in [9.17, 15) is 9.59 Å². The maximum atomic E-state index is 12.6. The average molecular weight is 499 g/mol. The summed E-state index contributed by atoms with van der Waals surface area (Å²) in [7, 11) is 0. The Morgan fingerprint density at radius 2 is 1.50 bits per heavy atom. The predicted molar refractivity (Wildman–Crippen MR) is 127 cm³/mol. The van der Waals surface area contributed by atoms with Crippen molar-refractivity contribution >= 4 is 46.0 Å². The zero-order valence-electron chi connectivity index (χ0n) is 17.9. The molecule has 174 valence electrons. The van der Waals surface area contributed by atoms with Crippen molar-refractivity contribution in [1.82, 2.24) is 20.8 Å². The second kappa shape index (κ2) is 9.48. The van der Waals surface area contributed by atoms with Crippen LogP contribution in [-0.4, -0.2) is 34.0 Å². The summed E-state index contributed by atoms with van der Waals surface area (Å²) < 4.78 is 10.8. The minimum atomic E-state index is -0.416. The summed E-state index contributed by atoms with van der Waals surface area (Å²) in [6.07, 6.45) is 2.88. The first-order valence-electron chi connectivity index (χ1n) is 10.8. The van der Waals surface area contributed by atoms with Crippen LogP contribution < -0.4 is 10.6 Å². The molecule has 0 bridgehead atoms. The molecule has 5 rings (SSSR count). The summed E-state index contributed by atoms with van der Waals surface area (Å²) in [5.74, 6) is -0.200. The summed E-state index contributed by atoms with van der Waals surface area (Å²) in [6, 6.07) is 13.8. The number of amides is 2. The van der Waals surface area contributed by atoms with Gasteiger partial charge in [0.1, 0.15) is 5.58 Å². The highest BCUT2D eigenvalue weighted by molar-refractivity contribution is 6.31. The molecule has 2 amide bonds. The van der Waals surface area contributed by atoms with Crippen LogP contribution in [0.3, 0.4) is 0 Å². The lowest BCUT2D eigenvalue weighted by atomic mass is 9.91. The summed E-state index contributed by atoms with van der Waals surface area (Å²) >= 11 is 11.9. The van der Waals surface area contributed by atoms with Gasteiger partial charge in [-0.25, -0.2) is 0 Å². The molecule has 2 aromatic carbocycles. The number of carbonyl (C=O) groups excluding carboxylic acids is 2. The highest BCUT2D eigenvalue weighted by atomic mass is 35.5. The second-order valence-electron chi connectivity index (χ2n) is 8.22.